The van der Waals surface area contributed by atoms with Crippen LogP contribution in [0, 0.1) is 0 Å². The molecule has 0 radical (unpaired) electrons. The van der Waals surface area contributed by atoms with Crippen molar-refractivity contribution in [2.24, 2.45) is 0 Å². The molecule has 1 aliphatic carbocycles. The van der Waals surface area contributed by atoms with Gasteiger partial charge in [0, 0.05) is 0 Å². The maximum Gasteiger partial charge on any atom is -0.00135 e. The average molecular weight is 239 g/mol. The van der Waals surface area contributed by atoms with Gasteiger partial charge in [0.05, 0.1) is 0 Å². The lowest BCUT2D eigenvalue weighted by Crippen LogP contribution is -1.77. The molecule has 0 aromatic heterocycles. The second kappa shape index (κ2) is 4.69. The SMILES string of the molecule is Cl.Cl.c1ccc2c(c1)Cc1ccccc1-2. The van der Waals surface area contributed by atoms with E-state index < -0.39 is 0 Å². The largest absolute Gasteiger partial charge is 0.147 e. The van der Waals surface area contributed by atoms with Crippen molar-refractivity contribution >= 4 is 24.8 Å². The number of halogens is 2. The highest BCUT2D eigenvalue weighted by Gasteiger charge is 2.15. The lowest BCUT2D eigenvalue weighted by atomic mass is 10.1. The molecule has 1 aliphatic rings. The number of hydrogen-bond donors (Lipinski definition) is 0. The fourth-order valence-corrected chi connectivity index (χ4v) is 2.08. The van der Waals surface area contributed by atoms with E-state index in [1.807, 2.05) is 0 Å². The van der Waals surface area contributed by atoms with Gasteiger partial charge in [0.1, 0.15) is 0 Å². The Labute approximate surface area is 102 Å². The van der Waals surface area contributed by atoms with Gasteiger partial charge in [-0.3, -0.25) is 0 Å². The van der Waals surface area contributed by atoms with Gasteiger partial charge in [0.15, 0.2) is 0 Å². The van der Waals surface area contributed by atoms with Crippen molar-refractivity contribution in [1.82, 2.24) is 0 Å². The molecule has 78 valence electrons. The van der Waals surface area contributed by atoms with E-state index in [2.05, 4.69) is 48.5 Å². The molecule has 0 amide bonds. The lowest BCUT2D eigenvalue weighted by molar-refractivity contribution is 1.26. The van der Waals surface area contributed by atoms with E-state index in [0.717, 1.165) is 6.42 Å². The fourth-order valence-electron chi connectivity index (χ4n) is 2.08. The van der Waals surface area contributed by atoms with E-state index >= 15 is 0 Å². The van der Waals surface area contributed by atoms with Gasteiger partial charge < -0.3 is 0 Å². The van der Waals surface area contributed by atoms with Crippen LogP contribution in [0.15, 0.2) is 48.5 Å². The van der Waals surface area contributed by atoms with Crippen molar-refractivity contribution in [3.05, 3.63) is 59.7 Å². The van der Waals surface area contributed by atoms with Crippen molar-refractivity contribution in [3.63, 3.8) is 0 Å². The summed E-state index contributed by atoms with van der Waals surface area (Å²) in [6.07, 6.45) is 1.10. The molecule has 0 fully saturated rings. The van der Waals surface area contributed by atoms with Crippen LogP contribution in [0.5, 0.6) is 0 Å². The second-order valence-electron chi connectivity index (χ2n) is 3.49. The van der Waals surface area contributed by atoms with E-state index in [0.29, 0.717) is 0 Å². The lowest BCUT2D eigenvalue weighted by Gasteiger charge is -1.98. The van der Waals surface area contributed by atoms with Gasteiger partial charge in [0.25, 0.3) is 0 Å². The van der Waals surface area contributed by atoms with Gasteiger partial charge in [-0.25, -0.2) is 0 Å². The van der Waals surface area contributed by atoms with E-state index in [1.54, 1.807) is 0 Å². The van der Waals surface area contributed by atoms with Crippen LogP contribution in [-0.4, -0.2) is 0 Å². The molecule has 0 unspecified atom stereocenters. The summed E-state index contributed by atoms with van der Waals surface area (Å²) in [5.74, 6) is 0. The van der Waals surface area contributed by atoms with E-state index in [9.17, 15) is 0 Å². The van der Waals surface area contributed by atoms with E-state index in [1.165, 1.54) is 22.3 Å². The van der Waals surface area contributed by atoms with E-state index in [4.69, 9.17) is 0 Å². The molecule has 0 atom stereocenters. The monoisotopic (exact) mass is 238 g/mol. The number of benzene rings is 2. The van der Waals surface area contributed by atoms with Crippen LogP contribution < -0.4 is 0 Å². The number of fused-ring (bicyclic) bond motifs is 3. The van der Waals surface area contributed by atoms with Gasteiger partial charge in [-0.1, -0.05) is 48.5 Å². The molecule has 0 spiro atoms. The Balaban J connectivity index is 0.000000562. The van der Waals surface area contributed by atoms with Crippen LogP contribution >= 0.6 is 24.8 Å². The van der Waals surface area contributed by atoms with Gasteiger partial charge in [-0.2, -0.15) is 0 Å². The summed E-state index contributed by atoms with van der Waals surface area (Å²) in [7, 11) is 0. The summed E-state index contributed by atoms with van der Waals surface area (Å²) < 4.78 is 0. The summed E-state index contributed by atoms with van der Waals surface area (Å²) in [6, 6.07) is 17.3. The van der Waals surface area contributed by atoms with Gasteiger partial charge in [-0.15, -0.1) is 24.8 Å². The van der Waals surface area contributed by atoms with Crippen molar-refractivity contribution in [2.75, 3.05) is 0 Å². The number of rotatable bonds is 0. The topological polar surface area (TPSA) is 0 Å². The fraction of sp³-hybridized carbons (Fsp3) is 0.0769. The van der Waals surface area contributed by atoms with Gasteiger partial charge in [0.2, 0.25) is 0 Å². The molecule has 0 heterocycles. The van der Waals surface area contributed by atoms with Crippen molar-refractivity contribution in [1.29, 1.82) is 0 Å². The zero-order valence-corrected chi connectivity index (χ0v) is 9.78. The summed E-state index contributed by atoms with van der Waals surface area (Å²) in [5, 5.41) is 0. The quantitative estimate of drug-likeness (QED) is 0.554. The smallest absolute Gasteiger partial charge is 0.00135 e. The molecule has 0 aliphatic heterocycles. The minimum absolute atomic E-state index is 0. The minimum Gasteiger partial charge on any atom is -0.147 e. The predicted molar refractivity (Wildman–Crippen MR) is 69.2 cm³/mol. The van der Waals surface area contributed by atoms with E-state index in [-0.39, 0.29) is 24.8 Å². The molecule has 3 rings (SSSR count). The molecule has 0 N–H and O–H groups in total. The van der Waals surface area contributed by atoms with Gasteiger partial charge in [-0.05, 0) is 28.7 Å². The Hall–Kier alpha value is -0.980. The highest BCUT2D eigenvalue weighted by Crippen LogP contribution is 2.35. The first-order chi connectivity index (χ1) is 6.45. The summed E-state index contributed by atoms with van der Waals surface area (Å²) in [5.41, 5.74) is 5.75. The third kappa shape index (κ3) is 1.88. The van der Waals surface area contributed by atoms with Crippen LogP contribution in [0.2, 0.25) is 0 Å². The predicted octanol–water partition coefficient (Wildman–Crippen LogP) is 4.10. The molecular formula is C13H12Cl2. The van der Waals surface area contributed by atoms with Crippen LogP contribution in [0.3, 0.4) is 0 Å². The van der Waals surface area contributed by atoms with Crippen molar-refractivity contribution in [3.8, 4) is 11.1 Å². The maximum atomic E-state index is 2.22. The molecule has 0 saturated carbocycles. The zero-order chi connectivity index (χ0) is 8.67. The Morgan fingerprint density at radius 2 is 1.00 bits per heavy atom. The highest BCUT2D eigenvalue weighted by molar-refractivity contribution is 5.85. The normalized spacial score (nSPS) is 10.7. The van der Waals surface area contributed by atoms with Crippen molar-refractivity contribution in [2.45, 2.75) is 6.42 Å². The van der Waals surface area contributed by atoms with Crippen LogP contribution in [0.25, 0.3) is 11.1 Å². The molecule has 2 heteroatoms. The Morgan fingerprint density at radius 3 is 1.47 bits per heavy atom. The Morgan fingerprint density at radius 1 is 0.600 bits per heavy atom. The second-order valence-corrected chi connectivity index (χ2v) is 3.49. The molecule has 2 aromatic carbocycles. The van der Waals surface area contributed by atoms with Crippen LogP contribution in [0.4, 0.5) is 0 Å². The first kappa shape index (κ1) is 12.1. The minimum atomic E-state index is 0. The maximum absolute atomic E-state index is 2.22. The third-order valence-corrected chi connectivity index (χ3v) is 2.71. The molecule has 0 bridgehead atoms. The third-order valence-electron chi connectivity index (χ3n) is 2.71. The van der Waals surface area contributed by atoms with Crippen LogP contribution in [0.1, 0.15) is 11.1 Å². The standard InChI is InChI=1S/C13H10.2ClH/c1-3-7-12-10(5-1)9-11-6-2-4-8-13(11)12;;/h1-8H,9H2;2*1H. The molecule has 15 heavy (non-hydrogen) atoms. The van der Waals surface area contributed by atoms with Gasteiger partial charge >= 0.3 is 0 Å². The Bertz CT molecular complexity index is 420. The molecular weight excluding hydrogens is 227 g/mol. The first-order valence-corrected chi connectivity index (χ1v) is 4.61. The molecule has 0 saturated heterocycles. The van der Waals surface area contributed by atoms with Crippen molar-refractivity contribution < 1.29 is 0 Å². The molecule has 2 aromatic rings. The van der Waals surface area contributed by atoms with Crippen LogP contribution in [-0.2, 0) is 6.42 Å². The summed E-state index contributed by atoms with van der Waals surface area (Å²) in [4.78, 5) is 0. The zero-order valence-electron chi connectivity index (χ0n) is 8.14. The molecule has 0 nitrogen and oxygen atoms in total. The highest BCUT2D eigenvalue weighted by atomic mass is 35.5. The number of hydrogen-bond acceptors (Lipinski definition) is 0. The summed E-state index contributed by atoms with van der Waals surface area (Å²) in [6.45, 7) is 0. The average Bonchev–Trinajstić information content (AvgIpc) is 2.56. The Kier molecular flexibility index (Phi) is 3.78. The summed E-state index contributed by atoms with van der Waals surface area (Å²) >= 11 is 0. The first-order valence-electron chi connectivity index (χ1n) is 4.61.